The molecule has 0 fully saturated rings. The molecule has 1 aliphatic rings. The Morgan fingerprint density at radius 3 is 2.79 bits per heavy atom. The van der Waals surface area contributed by atoms with Crippen molar-refractivity contribution in [3.05, 3.63) is 24.3 Å². The first kappa shape index (κ1) is 11.0. The fourth-order valence-electron chi connectivity index (χ4n) is 1.17. The molecule has 0 N–H and O–H groups in total. The van der Waals surface area contributed by atoms with Crippen molar-refractivity contribution in [2.75, 3.05) is 18.1 Å². The first-order chi connectivity index (χ1) is 6.66. The molecule has 0 spiro atoms. The summed E-state index contributed by atoms with van der Waals surface area (Å²) >= 11 is 1.66. The van der Waals surface area contributed by atoms with E-state index in [1.54, 1.807) is 18.7 Å². The van der Waals surface area contributed by atoms with Crippen molar-refractivity contribution in [2.45, 2.75) is 6.92 Å². The van der Waals surface area contributed by atoms with E-state index in [0.29, 0.717) is 12.1 Å². The zero-order valence-corrected chi connectivity index (χ0v) is 8.97. The lowest BCUT2D eigenvalue weighted by Crippen LogP contribution is -2.32. The minimum Gasteiger partial charge on any atom is -0.274 e. The monoisotopic (exact) mass is 211 g/mol. The number of nitrogens with zero attached hydrogens (tertiary/aromatic N) is 1. The molecule has 14 heavy (non-hydrogen) atoms. The lowest BCUT2D eigenvalue weighted by molar-refractivity contribution is -0.136. The van der Waals surface area contributed by atoms with E-state index in [9.17, 15) is 9.59 Å². The van der Waals surface area contributed by atoms with Crippen LogP contribution < -0.4 is 0 Å². The first-order valence-electron chi connectivity index (χ1n) is 4.39. The average Bonchev–Trinajstić information content (AvgIpc) is 2.38. The number of amides is 2. The van der Waals surface area contributed by atoms with Gasteiger partial charge in [-0.1, -0.05) is 6.08 Å². The molecule has 0 saturated heterocycles. The fraction of sp³-hybridized carbons (Fsp3) is 0.400. The topological polar surface area (TPSA) is 37.4 Å². The molecule has 1 rings (SSSR count). The number of carbonyl (C=O) groups excluding carboxylic acids is 2. The van der Waals surface area contributed by atoms with E-state index in [4.69, 9.17) is 0 Å². The quantitative estimate of drug-likeness (QED) is 0.390. The maximum Gasteiger partial charge on any atom is 0.256 e. The molecular formula is C10H13NO2S. The van der Waals surface area contributed by atoms with Gasteiger partial charge in [0.25, 0.3) is 11.8 Å². The van der Waals surface area contributed by atoms with Crippen LogP contribution in [0.5, 0.6) is 0 Å². The van der Waals surface area contributed by atoms with E-state index >= 15 is 0 Å². The zero-order valence-electron chi connectivity index (χ0n) is 8.16. The van der Waals surface area contributed by atoms with Crippen LogP contribution in [0.4, 0.5) is 0 Å². The van der Waals surface area contributed by atoms with E-state index in [-0.39, 0.29) is 11.8 Å². The largest absolute Gasteiger partial charge is 0.274 e. The van der Waals surface area contributed by atoms with Gasteiger partial charge in [-0.3, -0.25) is 14.5 Å². The molecule has 3 nitrogen and oxygen atoms in total. The Kier molecular flexibility index (Phi) is 3.95. The molecule has 1 aliphatic heterocycles. The molecule has 0 saturated carbocycles. The molecule has 0 aromatic heterocycles. The van der Waals surface area contributed by atoms with E-state index in [0.717, 1.165) is 11.5 Å². The highest BCUT2D eigenvalue weighted by Crippen LogP contribution is 2.12. The third kappa shape index (κ3) is 2.48. The number of carbonyl (C=O) groups is 2. The Balaban J connectivity index is 2.36. The lowest BCUT2D eigenvalue weighted by atomic mass is 10.3. The third-order valence-electron chi connectivity index (χ3n) is 1.88. The predicted octanol–water partition coefficient (Wildman–Crippen LogP) is 1.22. The summed E-state index contributed by atoms with van der Waals surface area (Å²) in [6.07, 6.45) is 3.20. The normalized spacial score (nSPS) is 16.1. The van der Waals surface area contributed by atoms with Crippen molar-refractivity contribution in [1.29, 1.82) is 0 Å². The van der Waals surface area contributed by atoms with E-state index in [1.165, 1.54) is 11.0 Å². The molecular weight excluding hydrogens is 198 g/mol. The number of imide groups is 1. The Morgan fingerprint density at radius 1 is 1.57 bits per heavy atom. The molecule has 0 aliphatic carbocycles. The van der Waals surface area contributed by atoms with Gasteiger partial charge in [0.2, 0.25) is 0 Å². The molecule has 0 bridgehead atoms. The van der Waals surface area contributed by atoms with Crippen LogP contribution in [0.3, 0.4) is 0 Å². The Hall–Kier alpha value is -1.03. The second kappa shape index (κ2) is 5.00. The summed E-state index contributed by atoms with van der Waals surface area (Å²) in [4.78, 5) is 23.9. The summed E-state index contributed by atoms with van der Waals surface area (Å²) in [6, 6.07) is 0. The van der Waals surface area contributed by atoms with Gasteiger partial charge >= 0.3 is 0 Å². The summed E-state index contributed by atoms with van der Waals surface area (Å²) in [6.45, 7) is 5.75. The van der Waals surface area contributed by atoms with Crippen molar-refractivity contribution in [1.82, 2.24) is 4.90 Å². The molecule has 0 unspecified atom stereocenters. The fourth-order valence-corrected chi connectivity index (χ4v) is 1.82. The van der Waals surface area contributed by atoms with Gasteiger partial charge < -0.3 is 0 Å². The minimum absolute atomic E-state index is 0.158. The number of hydrogen-bond donors (Lipinski definition) is 0. The molecule has 1 heterocycles. The van der Waals surface area contributed by atoms with Gasteiger partial charge in [-0.2, -0.15) is 11.8 Å². The number of rotatable bonds is 5. The molecule has 4 heteroatoms. The SMILES string of the molecule is C=CCSCCN1C(=O)C=C(C)C1=O. The van der Waals surface area contributed by atoms with Crippen LogP contribution in [0.25, 0.3) is 0 Å². The summed E-state index contributed by atoms with van der Waals surface area (Å²) in [5.74, 6) is 1.27. The van der Waals surface area contributed by atoms with Crippen LogP contribution in [-0.2, 0) is 9.59 Å². The average molecular weight is 211 g/mol. The minimum atomic E-state index is -0.188. The standard InChI is InChI=1S/C10H13NO2S/c1-3-5-14-6-4-11-9(12)7-8(2)10(11)13/h3,7H,1,4-6H2,2H3. The van der Waals surface area contributed by atoms with E-state index < -0.39 is 0 Å². The van der Waals surface area contributed by atoms with E-state index in [2.05, 4.69) is 6.58 Å². The van der Waals surface area contributed by atoms with E-state index in [1.807, 2.05) is 6.08 Å². The highest BCUT2D eigenvalue weighted by Gasteiger charge is 2.27. The van der Waals surface area contributed by atoms with Crippen molar-refractivity contribution in [2.24, 2.45) is 0 Å². The van der Waals surface area contributed by atoms with Crippen LogP contribution in [-0.4, -0.2) is 34.8 Å². The van der Waals surface area contributed by atoms with Gasteiger partial charge in [0.15, 0.2) is 0 Å². The smallest absolute Gasteiger partial charge is 0.256 e. The molecule has 76 valence electrons. The summed E-state index contributed by atoms with van der Waals surface area (Å²) in [5, 5.41) is 0. The van der Waals surface area contributed by atoms with Crippen LogP contribution in [0.1, 0.15) is 6.92 Å². The second-order valence-corrected chi connectivity index (χ2v) is 4.14. The highest BCUT2D eigenvalue weighted by atomic mass is 32.2. The van der Waals surface area contributed by atoms with Crippen LogP contribution in [0.15, 0.2) is 24.3 Å². The summed E-state index contributed by atoms with van der Waals surface area (Å²) in [7, 11) is 0. The summed E-state index contributed by atoms with van der Waals surface area (Å²) < 4.78 is 0. The predicted molar refractivity (Wildman–Crippen MR) is 58.0 cm³/mol. The van der Waals surface area contributed by atoms with Gasteiger partial charge in [-0.05, 0) is 6.92 Å². The Morgan fingerprint density at radius 2 is 2.29 bits per heavy atom. The number of hydrogen-bond acceptors (Lipinski definition) is 3. The van der Waals surface area contributed by atoms with Crippen molar-refractivity contribution < 1.29 is 9.59 Å². The van der Waals surface area contributed by atoms with Crippen molar-refractivity contribution in [3.63, 3.8) is 0 Å². The number of thioether (sulfide) groups is 1. The lowest BCUT2D eigenvalue weighted by Gasteiger charge is -2.13. The molecule has 0 aromatic rings. The maximum absolute atomic E-state index is 11.4. The molecule has 0 aromatic carbocycles. The van der Waals surface area contributed by atoms with Crippen molar-refractivity contribution in [3.8, 4) is 0 Å². The Bertz CT molecular complexity index is 296. The second-order valence-electron chi connectivity index (χ2n) is 2.99. The van der Waals surface area contributed by atoms with Crippen LogP contribution >= 0.6 is 11.8 Å². The van der Waals surface area contributed by atoms with Crippen LogP contribution in [0.2, 0.25) is 0 Å². The maximum atomic E-state index is 11.4. The Labute approximate surface area is 87.8 Å². The van der Waals surface area contributed by atoms with Gasteiger partial charge in [-0.25, -0.2) is 0 Å². The van der Waals surface area contributed by atoms with Crippen LogP contribution in [0, 0.1) is 0 Å². The third-order valence-corrected chi connectivity index (χ3v) is 2.83. The first-order valence-corrected chi connectivity index (χ1v) is 5.55. The highest BCUT2D eigenvalue weighted by molar-refractivity contribution is 7.99. The molecule has 0 atom stereocenters. The van der Waals surface area contributed by atoms with Crippen molar-refractivity contribution >= 4 is 23.6 Å². The van der Waals surface area contributed by atoms with Gasteiger partial charge in [0.05, 0.1) is 0 Å². The molecule has 2 amide bonds. The zero-order chi connectivity index (χ0) is 10.6. The van der Waals surface area contributed by atoms with Gasteiger partial charge in [0, 0.05) is 29.7 Å². The van der Waals surface area contributed by atoms with Gasteiger partial charge in [0.1, 0.15) is 0 Å². The van der Waals surface area contributed by atoms with Gasteiger partial charge in [-0.15, -0.1) is 6.58 Å². The summed E-state index contributed by atoms with van der Waals surface area (Å²) in [5.41, 5.74) is 0.531. The molecule has 0 radical (unpaired) electrons.